The van der Waals surface area contributed by atoms with Crippen molar-refractivity contribution in [3.63, 3.8) is 0 Å². The monoisotopic (exact) mass is 268 g/mol. The van der Waals surface area contributed by atoms with Gasteiger partial charge in [0.15, 0.2) is 5.16 Å². The molecule has 0 unspecified atom stereocenters. The zero-order valence-corrected chi connectivity index (χ0v) is 11.3. The van der Waals surface area contributed by atoms with Gasteiger partial charge in [-0.1, -0.05) is 17.8 Å². The third kappa shape index (κ3) is 3.13. The fourth-order valence-corrected chi connectivity index (χ4v) is 2.92. The largest absolute Gasteiger partial charge is 0.396 e. The van der Waals surface area contributed by atoms with E-state index in [9.17, 15) is 0 Å². The molecule has 6 heteroatoms. The maximum Gasteiger partial charge on any atom is 0.191 e. The van der Waals surface area contributed by atoms with Crippen molar-refractivity contribution in [1.29, 1.82) is 0 Å². The first-order chi connectivity index (χ1) is 8.86. The second kappa shape index (κ2) is 6.92. The molecule has 0 aromatic carbocycles. The minimum Gasteiger partial charge on any atom is -0.396 e. The molecule has 0 saturated carbocycles. The molecule has 1 aromatic heterocycles. The number of rotatable bonds is 6. The number of aliphatic hydroxyl groups is 1. The molecule has 0 aliphatic carbocycles. The van der Waals surface area contributed by atoms with E-state index in [1.807, 2.05) is 6.08 Å². The predicted octanol–water partition coefficient (Wildman–Crippen LogP) is 1.02. The molecule has 1 fully saturated rings. The molecule has 0 radical (unpaired) electrons. The Balaban J connectivity index is 2.17. The van der Waals surface area contributed by atoms with Crippen molar-refractivity contribution in [3.05, 3.63) is 18.5 Å². The van der Waals surface area contributed by atoms with Crippen molar-refractivity contribution in [2.75, 3.05) is 25.4 Å². The summed E-state index contributed by atoms with van der Waals surface area (Å²) in [5.74, 6) is 2.21. The van der Waals surface area contributed by atoms with E-state index in [0.717, 1.165) is 43.5 Å². The second-order valence-corrected chi connectivity index (χ2v) is 5.40. The molecule has 0 spiro atoms. The molecule has 0 atom stereocenters. The van der Waals surface area contributed by atoms with Crippen LogP contribution in [0.15, 0.2) is 17.8 Å². The molecule has 1 saturated heterocycles. The molecular formula is C12H20N4OS. The van der Waals surface area contributed by atoms with Crippen molar-refractivity contribution in [2.24, 2.45) is 0 Å². The first kappa shape index (κ1) is 13.6. The van der Waals surface area contributed by atoms with Gasteiger partial charge in [-0.25, -0.2) is 0 Å². The molecule has 2 rings (SSSR count). The Bertz CT molecular complexity index is 387. The molecule has 1 aliphatic rings. The Morgan fingerprint density at radius 3 is 2.89 bits per heavy atom. The molecule has 5 nitrogen and oxygen atoms in total. The highest BCUT2D eigenvalue weighted by atomic mass is 32.2. The number of aliphatic hydroxyl groups excluding tert-OH is 1. The fraction of sp³-hybridized carbons (Fsp3) is 0.667. The number of nitrogens with zero attached hydrogens (tertiary/aromatic N) is 3. The maximum absolute atomic E-state index is 8.90. The van der Waals surface area contributed by atoms with E-state index in [-0.39, 0.29) is 6.61 Å². The molecule has 1 aromatic rings. The zero-order chi connectivity index (χ0) is 12.8. The highest BCUT2D eigenvalue weighted by Gasteiger charge is 2.22. The molecular weight excluding hydrogens is 248 g/mol. The summed E-state index contributed by atoms with van der Waals surface area (Å²) in [6, 6.07) is 0. The summed E-state index contributed by atoms with van der Waals surface area (Å²) >= 11 is 1.55. The summed E-state index contributed by atoms with van der Waals surface area (Å²) in [4.78, 5) is 0. The Morgan fingerprint density at radius 1 is 1.44 bits per heavy atom. The lowest BCUT2D eigenvalue weighted by Gasteiger charge is -2.22. The van der Waals surface area contributed by atoms with Crippen molar-refractivity contribution < 1.29 is 5.11 Å². The average molecular weight is 268 g/mol. The lowest BCUT2D eigenvalue weighted by molar-refractivity contribution is 0.322. The van der Waals surface area contributed by atoms with Gasteiger partial charge in [0.25, 0.3) is 0 Å². The van der Waals surface area contributed by atoms with Gasteiger partial charge < -0.3 is 15.0 Å². The second-order valence-electron chi connectivity index (χ2n) is 4.34. The maximum atomic E-state index is 8.90. The van der Waals surface area contributed by atoms with E-state index in [4.69, 9.17) is 5.11 Å². The van der Waals surface area contributed by atoms with Crippen LogP contribution in [0.1, 0.15) is 24.6 Å². The summed E-state index contributed by atoms with van der Waals surface area (Å²) in [7, 11) is 0. The van der Waals surface area contributed by atoms with Crippen molar-refractivity contribution >= 4 is 11.8 Å². The normalized spacial score (nSPS) is 16.9. The first-order valence-corrected chi connectivity index (χ1v) is 7.33. The van der Waals surface area contributed by atoms with Crippen LogP contribution < -0.4 is 5.32 Å². The van der Waals surface area contributed by atoms with Gasteiger partial charge in [0.1, 0.15) is 5.82 Å². The lowest BCUT2D eigenvalue weighted by atomic mass is 9.97. The molecule has 18 heavy (non-hydrogen) atoms. The smallest absolute Gasteiger partial charge is 0.191 e. The Hall–Kier alpha value is -0.850. The number of nitrogens with one attached hydrogen (secondary N) is 1. The van der Waals surface area contributed by atoms with Gasteiger partial charge in [0, 0.05) is 18.2 Å². The number of allylic oxidation sites excluding steroid dienone is 1. The molecule has 1 aliphatic heterocycles. The number of piperidine rings is 1. The van der Waals surface area contributed by atoms with E-state index >= 15 is 0 Å². The van der Waals surface area contributed by atoms with Crippen LogP contribution in [0.25, 0.3) is 0 Å². The Labute approximate surface area is 112 Å². The van der Waals surface area contributed by atoms with Crippen LogP contribution in [0, 0.1) is 0 Å². The van der Waals surface area contributed by atoms with E-state index in [1.54, 1.807) is 11.8 Å². The summed E-state index contributed by atoms with van der Waals surface area (Å²) < 4.78 is 2.13. The highest BCUT2D eigenvalue weighted by Crippen LogP contribution is 2.27. The van der Waals surface area contributed by atoms with Crippen LogP contribution in [0.4, 0.5) is 0 Å². The summed E-state index contributed by atoms with van der Waals surface area (Å²) in [6.45, 7) is 6.79. The lowest BCUT2D eigenvalue weighted by Crippen LogP contribution is -2.28. The Morgan fingerprint density at radius 2 is 2.22 bits per heavy atom. The minimum atomic E-state index is 0.161. The SMILES string of the molecule is C=CCn1c(SCCO)nnc1C1CCNCC1. The molecule has 2 heterocycles. The van der Waals surface area contributed by atoms with Gasteiger partial charge in [0.05, 0.1) is 6.61 Å². The summed E-state index contributed by atoms with van der Waals surface area (Å²) in [5, 5.41) is 21.7. The zero-order valence-electron chi connectivity index (χ0n) is 10.5. The van der Waals surface area contributed by atoms with Gasteiger partial charge in [-0.2, -0.15) is 0 Å². The van der Waals surface area contributed by atoms with E-state index in [1.165, 1.54) is 0 Å². The third-order valence-corrected chi connectivity index (χ3v) is 4.03. The number of hydrogen-bond donors (Lipinski definition) is 2. The van der Waals surface area contributed by atoms with Gasteiger partial charge in [-0.15, -0.1) is 16.8 Å². The van der Waals surface area contributed by atoms with E-state index in [2.05, 4.69) is 26.7 Å². The third-order valence-electron chi connectivity index (χ3n) is 3.08. The minimum absolute atomic E-state index is 0.161. The van der Waals surface area contributed by atoms with Crippen LogP contribution in [0.2, 0.25) is 0 Å². The van der Waals surface area contributed by atoms with Gasteiger partial charge in [-0.3, -0.25) is 0 Å². The summed E-state index contributed by atoms with van der Waals surface area (Å²) in [6.07, 6.45) is 4.09. The molecule has 2 N–H and O–H groups in total. The van der Waals surface area contributed by atoms with Gasteiger partial charge in [0.2, 0.25) is 0 Å². The average Bonchev–Trinajstić information content (AvgIpc) is 2.81. The summed E-state index contributed by atoms with van der Waals surface area (Å²) in [5.41, 5.74) is 0. The van der Waals surface area contributed by atoms with Crippen molar-refractivity contribution in [3.8, 4) is 0 Å². The number of thioether (sulfide) groups is 1. The standard InChI is InChI=1S/C12H20N4OS/c1-2-7-16-11(10-3-5-13-6-4-10)14-15-12(16)18-9-8-17/h2,10,13,17H,1,3-9H2. The van der Waals surface area contributed by atoms with Gasteiger partial charge in [-0.05, 0) is 25.9 Å². The van der Waals surface area contributed by atoms with Crippen LogP contribution in [-0.2, 0) is 6.54 Å². The van der Waals surface area contributed by atoms with E-state index < -0.39 is 0 Å². The first-order valence-electron chi connectivity index (χ1n) is 6.35. The van der Waals surface area contributed by atoms with Crippen molar-refractivity contribution in [1.82, 2.24) is 20.1 Å². The number of aromatic nitrogens is 3. The molecule has 0 bridgehead atoms. The topological polar surface area (TPSA) is 63.0 Å². The van der Waals surface area contributed by atoms with Crippen LogP contribution in [-0.4, -0.2) is 45.3 Å². The fourth-order valence-electron chi connectivity index (χ4n) is 2.23. The van der Waals surface area contributed by atoms with Crippen LogP contribution in [0.3, 0.4) is 0 Å². The quantitative estimate of drug-likeness (QED) is 0.596. The Kier molecular flexibility index (Phi) is 5.22. The van der Waals surface area contributed by atoms with Crippen LogP contribution >= 0.6 is 11.8 Å². The van der Waals surface area contributed by atoms with Gasteiger partial charge >= 0.3 is 0 Å². The molecule has 0 amide bonds. The predicted molar refractivity (Wildman–Crippen MR) is 72.9 cm³/mol. The highest BCUT2D eigenvalue weighted by molar-refractivity contribution is 7.99. The van der Waals surface area contributed by atoms with Crippen molar-refractivity contribution in [2.45, 2.75) is 30.5 Å². The number of hydrogen-bond acceptors (Lipinski definition) is 5. The van der Waals surface area contributed by atoms with Crippen LogP contribution in [0.5, 0.6) is 0 Å². The van der Waals surface area contributed by atoms with E-state index in [0.29, 0.717) is 11.7 Å². The molecule has 100 valence electrons.